The van der Waals surface area contributed by atoms with Crippen LogP contribution in [-0.2, 0) is 24.4 Å². The molecule has 0 aromatic heterocycles. The SMILES string of the molecule is CN=C(NCc1ccc(Cl)cc1)NCc1cccc(COC(C)C)c1.I. The number of hydrogen-bond donors (Lipinski definition) is 2. The molecule has 2 rings (SSSR count). The molecule has 142 valence electrons. The second kappa shape index (κ2) is 12.1. The summed E-state index contributed by atoms with van der Waals surface area (Å²) in [5, 5.41) is 7.38. The van der Waals surface area contributed by atoms with Crippen molar-refractivity contribution >= 4 is 41.5 Å². The molecule has 2 aromatic carbocycles. The fourth-order valence-corrected chi connectivity index (χ4v) is 2.41. The Labute approximate surface area is 178 Å². The summed E-state index contributed by atoms with van der Waals surface area (Å²) in [5.41, 5.74) is 3.52. The highest BCUT2D eigenvalue weighted by molar-refractivity contribution is 14.0. The van der Waals surface area contributed by atoms with Gasteiger partial charge in [-0.05, 0) is 42.7 Å². The van der Waals surface area contributed by atoms with E-state index in [0.29, 0.717) is 19.7 Å². The van der Waals surface area contributed by atoms with Gasteiger partial charge in [-0.3, -0.25) is 4.99 Å². The molecule has 0 atom stereocenters. The Morgan fingerprint density at radius 3 is 2.23 bits per heavy atom. The lowest BCUT2D eigenvalue weighted by Crippen LogP contribution is -2.36. The lowest BCUT2D eigenvalue weighted by atomic mass is 10.1. The maximum atomic E-state index is 5.91. The molecule has 0 aliphatic heterocycles. The van der Waals surface area contributed by atoms with Crippen LogP contribution in [-0.4, -0.2) is 19.1 Å². The average Bonchev–Trinajstić information content (AvgIpc) is 2.62. The molecule has 0 spiro atoms. The van der Waals surface area contributed by atoms with Gasteiger partial charge < -0.3 is 15.4 Å². The molecule has 0 saturated carbocycles. The van der Waals surface area contributed by atoms with E-state index >= 15 is 0 Å². The van der Waals surface area contributed by atoms with Crippen molar-refractivity contribution in [2.24, 2.45) is 4.99 Å². The van der Waals surface area contributed by atoms with E-state index in [9.17, 15) is 0 Å². The quantitative estimate of drug-likeness (QED) is 0.337. The number of halogens is 2. The zero-order chi connectivity index (χ0) is 18.1. The van der Waals surface area contributed by atoms with Gasteiger partial charge in [-0.1, -0.05) is 48.0 Å². The second-order valence-electron chi connectivity index (χ2n) is 6.09. The number of aliphatic imine (C=N–C) groups is 1. The van der Waals surface area contributed by atoms with Crippen molar-refractivity contribution < 1.29 is 4.74 Å². The first-order valence-electron chi connectivity index (χ1n) is 8.45. The third kappa shape index (κ3) is 8.38. The van der Waals surface area contributed by atoms with Gasteiger partial charge in [0.25, 0.3) is 0 Å². The summed E-state index contributed by atoms with van der Waals surface area (Å²) in [6.45, 7) is 6.12. The number of guanidine groups is 1. The minimum absolute atomic E-state index is 0. The van der Waals surface area contributed by atoms with Crippen LogP contribution in [0.15, 0.2) is 53.5 Å². The van der Waals surface area contributed by atoms with E-state index < -0.39 is 0 Å². The van der Waals surface area contributed by atoms with Gasteiger partial charge in [-0.15, -0.1) is 24.0 Å². The van der Waals surface area contributed by atoms with Crippen LogP contribution in [0, 0.1) is 0 Å². The molecule has 0 radical (unpaired) electrons. The highest BCUT2D eigenvalue weighted by atomic mass is 127. The molecule has 0 fully saturated rings. The Morgan fingerprint density at radius 2 is 1.62 bits per heavy atom. The first-order chi connectivity index (χ1) is 12.1. The van der Waals surface area contributed by atoms with E-state index in [-0.39, 0.29) is 30.1 Å². The molecule has 0 saturated heterocycles. The molecule has 0 bridgehead atoms. The number of rotatable bonds is 7. The molecule has 0 heterocycles. The Bertz CT molecular complexity index is 690. The molecule has 6 heteroatoms. The third-order valence-electron chi connectivity index (χ3n) is 3.63. The largest absolute Gasteiger partial charge is 0.374 e. The van der Waals surface area contributed by atoms with Crippen molar-refractivity contribution in [3.63, 3.8) is 0 Å². The highest BCUT2D eigenvalue weighted by Crippen LogP contribution is 2.09. The zero-order valence-electron chi connectivity index (χ0n) is 15.5. The van der Waals surface area contributed by atoms with E-state index in [0.717, 1.165) is 16.5 Å². The maximum Gasteiger partial charge on any atom is 0.191 e. The lowest BCUT2D eigenvalue weighted by molar-refractivity contribution is 0.0657. The van der Waals surface area contributed by atoms with E-state index in [4.69, 9.17) is 16.3 Å². The van der Waals surface area contributed by atoms with Crippen molar-refractivity contribution in [1.29, 1.82) is 0 Å². The summed E-state index contributed by atoms with van der Waals surface area (Å²) < 4.78 is 5.66. The average molecular weight is 488 g/mol. The van der Waals surface area contributed by atoms with Gasteiger partial charge in [0, 0.05) is 25.2 Å². The van der Waals surface area contributed by atoms with Gasteiger partial charge in [0.05, 0.1) is 12.7 Å². The molecule has 2 N–H and O–H groups in total. The Balaban J connectivity index is 0.00000338. The van der Waals surface area contributed by atoms with E-state index in [1.807, 2.05) is 38.1 Å². The number of benzene rings is 2. The topological polar surface area (TPSA) is 45.7 Å². The van der Waals surface area contributed by atoms with Gasteiger partial charge in [-0.2, -0.15) is 0 Å². The van der Waals surface area contributed by atoms with Crippen molar-refractivity contribution in [3.8, 4) is 0 Å². The molecular formula is C20H27ClIN3O. The van der Waals surface area contributed by atoms with E-state index in [1.165, 1.54) is 11.1 Å². The fourth-order valence-electron chi connectivity index (χ4n) is 2.29. The van der Waals surface area contributed by atoms with E-state index in [1.54, 1.807) is 7.05 Å². The van der Waals surface area contributed by atoms with Gasteiger partial charge in [-0.25, -0.2) is 0 Å². The summed E-state index contributed by atoms with van der Waals surface area (Å²) in [6.07, 6.45) is 0.234. The Hall–Kier alpha value is -1.31. The number of hydrogen-bond acceptors (Lipinski definition) is 2. The van der Waals surface area contributed by atoms with Crippen LogP contribution >= 0.6 is 35.6 Å². The Kier molecular flexibility index (Phi) is 10.6. The van der Waals surface area contributed by atoms with E-state index in [2.05, 4.69) is 39.9 Å². The number of nitrogens with one attached hydrogen (secondary N) is 2. The summed E-state index contributed by atoms with van der Waals surface area (Å²) in [6, 6.07) is 16.2. The van der Waals surface area contributed by atoms with Gasteiger partial charge in [0.2, 0.25) is 0 Å². The third-order valence-corrected chi connectivity index (χ3v) is 3.88. The first-order valence-corrected chi connectivity index (χ1v) is 8.83. The second-order valence-corrected chi connectivity index (χ2v) is 6.52. The minimum atomic E-state index is 0. The zero-order valence-corrected chi connectivity index (χ0v) is 18.5. The minimum Gasteiger partial charge on any atom is -0.374 e. The lowest BCUT2D eigenvalue weighted by Gasteiger charge is -2.13. The highest BCUT2D eigenvalue weighted by Gasteiger charge is 2.02. The Morgan fingerprint density at radius 1 is 1.00 bits per heavy atom. The van der Waals surface area contributed by atoms with Gasteiger partial charge in [0.1, 0.15) is 0 Å². The van der Waals surface area contributed by atoms with Crippen LogP contribution in [0.1, 0.15) is 30.5 Å². The van der Waals surface area contributed by atoms with Crippen LogP contribution in [0.3, 0.4) is 0 Å². The van der Waals surface area contributed by atoms with Crippen molar-refractivity contribution in [1.82, 2.24) is 10.6 Å². The molecular weight excluding hydrogens is 461 g/mol. The fraction of sp³-hybridized carbons (Fsp3) is 0.350. The molecule has 2 aromatic rings. The van der Waals surface area contributed by atoms with Crippen LogP contribution in [0.25, 0.3) is 0 Å². The van der Waals surface area contributed by atoms with Crippen LogP contribution < -0.4 is 10.6 Å². The van der Waals surface area contributed by atoms with Crippen molar-refractivity contribution in [3.05, 3.63) is 70.2 Å². The smallest absolute Gasteiger partial charge is 0.191 e. The van der Waals surface area contributed by atoms with Crippen LogP contribution in [0.2, 0.25) is 5.02 Å². The maximum absolute atomic E-state index is 5.91. The molecule has 0 aliphatic carbocycles. The predicted molar refractivity (Wildman–Crippen MR) is 120 cm³/mol. The van der Waals surface area contributed by atoms with Crippen LogP contribution in [0.4, 0.5) is 0 Å². The molecule has 0 aliphatic rings. The van der Waals surface area contributed by atoms with Gasteiger partial charge in [0.15, 0.2) is 5.96 Å². The molecule has 0 unspecified atom stereocenters. The van der Waals surface area contributed by atoms with Crippen molar-refractivity contribution in [2.75, 3.05) is 7.05 Å². The van der Waals surface area contributed by atoms with Gasteiger partial charge >= 0.3 is 0 Å². The molecule has 0 amide bonds. The monoisotopic (exact) mass is 487 g/mol. The predicted octanol–water partition coefficient (Wildman–Crippen LogP) is 4.75. The number of nitrogens with zero attached hydrogens (tertiary/aromatic N) is 1. The first kappa shape index (κ1) is 22.7. The number of ether oxygens (including phenoxy) is 1. The summed E-state index contributed by atoms with van der Waals surface area (Å²) >= 11 is 5.91. The normalized spacial score (nSPS) is 11.2. The van der Waals surface area contributed by atoms with Crippen molar-refractivity contribution in [2.45, 2.75) is 39.6 Å². The summed E-state index contributed by atoms with van der Waals surface area (Å²) in [7, 11) is 1.77. The summed E-state index contributed by atoms with van der Waals surface area (Å²) in [4.78, 5) is 4.26. The summed E-state index contributed by atoms with van der Waals surface area (Å²) in [5.74, 6) is 0.763. The van der Waals surface area contributed by atoms with Crippen LogP contribution in [0.5, 0.6) is 0 Å². The standard InChI is InChI=1S/C20H26ClN3O.HI/c1-15(2)25-14-18-6-4-5-17(11-18)13-24-20(22-3)23-12-16-7-9-19(21)10-8-16;/h4-11,15H,12-14H2,1-3H3,(H2,22,23,24);1H. The molecule has 4 nitrogen and oxygen atoms in total. The molecule has 26 heavy (non-hydrogen) atoms.